The molecule has 0 unspecified atom stereocenters. The van der Waals surface area contributed by atoms with E-state index in [9.17, 15) is 9.59 Å². The number of nitrogens with two attached hydrogens (primary N) is 1. The van der Waals surface area contributed by atoms with E-state index in [0.717, 1.165) is 0 Å². The Labute approximate surface area is 109 Å². The van der Waals surface area contributed by atoms with Crippen LogP contribution in [-0.2, 0) is 0 Å². The van der Waals surface area contributed by atoms with Gasteiger partial charge in [-0.25, -0.2) is 4.79 Å². The summed E-state index contributed by atoms with van der Waals surface area (Å²) >= 11 is 0. The van der Waals surface area contributed by atoms with Crippen LogP contribution in [-0.4, -0.2) is 17.0 Å². The fourth-order valence-corrected chi connectivity index (χ4v) is 1.57. The molecule has 2 aromatic rings. The van der Waals surface area contributed by atoms with E-state index in [2.05, 4.69) is 5.32 Å². The van der Waals surface area contributed by atoms with Crippen LogP contribution in [0.1, 0.15) is 20.7 Å². The molecule has 4 N–H and O–H groups in total. The standard InChI is InChI=1S/C14H12N2O3/c15-11-6-4-9(5-7-11)13(17)16-12-3-1-2-10(8-12)14(18)19/h1-8H,15H2,(H,16,17)(H,18,19). The Hall–Kier alpha value is -2.82. The summed E-state index contributed by atoms with van der Waals surface area (Å²) in [6.07, 6.45) is 0. The molecule has 0 aromatic heterocycles. The molecule has 19 heavy (non-hydrogen) atoms. The third kappa shape index (κ3) is 3.10. The Kier molecular flexibility index (Phi) is 3.47. The largest absolute Gasteiger partial charge is 0.478 e. The average Bonchev–Trinajstić information content (AvgIpc) is 2.39. The van der Waals surface area contributed by atoms with Gasteiger partial charge in [-0.15, -0.1) is 0 Å². The van der Waals surface area contributed by atoms with Gasteiger partial charge in [-0.2, -0.15) is 0 Å². The summed E-state index contributed by atoms with van der Waals surface area (Å²) in [5, 5.41) is 11.5. The smallest absolute Gasteiger partial charge is 0.335 e. The highest BCUT2D eigenvalue weighted by molar-refractivity contribution is 6.04. The van der Waals surface area contributed by atoms with Gasteiger partial charge in [0.05, 0.1) is 5.56 Å². The van der Waals surface area contributed by atoms with Gasteiger partial charge in [0, 0.05) is 16.9 Å². The molecule has 0 aliphatic carbocycles. The van der Waals surface area contributed by atoms with Crippen molar-refractivity contribution in [2.24, 2.45) is 0 Å². The Bertz CT molecular complexity index is 621. The van der Waals surface area contributed by atoms with Crippen molar-refractivity contribution in [2.45, 2.75) is 0 Å². The van der Waals surface area contributed by atoms with E-state index in [1.165, 1.54) is 12.1 Å². The lowest BCUT2D eigenvalue weighted by Gasteiger charge is -2.06. The molecular weight excluding hydrogens is 244 g/mol. The molecular formula is C14H12N2O3. The lowest BCUT2D eigenvalue weighted by Crippen LogP contribution is -2.12. The van der Waals surface area contributed by atoms with Crippen LogP contribution in [0, 0.1) is 0 Å². The van der Waals surface area contributed by atoms with Gasteiger partial charge in [0.15, 0.2) is 0 Å². The van der Waals surface area contributed by atoms with Gasteiger partial charge in [-0.3, -0.25) is 4.79 Å². The lowest BCUT2D eigenvalue weighted by atomic mass is 10.1. The Morgan fingerprint density at radius 1 is 1.00 bits per heavy atom. The molecule has 0 saturated carbocycles. The molecule has 2 aromatic carbocycles. The minimum Gasteiger partial charge on any atom is -0.478 e. The van der Waals surface area contributed by atoms with Crippen LogP contribution in [0.3, 0.4) is 0 Å². The number of carbonyl (C=O) groups excluding carboxylic acids is 1. The number of carbonyl (C=O) groups is 2. The minimum absolute atomic E-state index is 0.120. The van der Waals surface area contributed by atoms with Gasteiger partial charge in [-0.1, -0.05) is 6.07 Å². The summed E-state index contributed by atoms with van der Waals surface area (Å²) in [5.41, 5.74) is 7.12. The second-order valence-electron chi connectivity index (χ2n) is 3.96. The number of nitrogen functional groups attached to an aromatic ring is 1. The van der Waals surface area contributed by atoms with Crippen molar-refractivity contribution in [3.8, 4) is 0 Å². The van der Waals surface area contributed by atoms with E-state index < -0.39 is 5.97 Å². The Morgan fingerprint density at radius 2 is 1.68 bits per heavy atom. The van der Waals surface area contributed by atoms with Crippen LogP contribution in [0.15, 0.2) is 48.5 Å². The topological polar surface area (TPSA) is 92.4 Å². The van der Waals surface area contributed by atoms with Crippen molar-refractivity contribution >= 4 is 23.3 Å². The molecule has 0 radical (unpaired) electrons. The number of carboxylic acid groups (broad SMARTS) is 1. The van der Waals surface area contributed by atoms with E-state index in [1.807, 2.05) is 0 Å². The maximum atomic E-state index is 11.9. The quantitative estimate of drug-likeness (QED) is 0.734. The predicted octanol–water partition coefficient (Wildman–Crippen LogP) is 2.22. The lowest BCUT2D eigenvalue weighted by molar-refractivity contribution is 0.0696. The third-order valence-corrected chi connectivity index (χ3v) is 2.54. The second-order valence-corrected chi connectivity index (χ2v) is 3.96. The van der Waals surface area contributed by atoms with Crippen molar-refractivity contribution < 1.29 is 14.7 Å². The van der Waals surface area contributed by atoms with Crippen molar-refractivity contribution in [3.63, 3.8) is 0 Å². The number of amides is 1. The van der Waals surface area contributed by atoms with Gasteiger partial charge in [0.25, 0.3) is 5.91 Å². The Morgan fingerprint density at radius 3 is 2.32 bits per heavy atom. The van der Waals surface area contributed by atoms with Crippen molar-refractivity contribution in [1.29, 1.82) is 0 Å². The van der Waals surface area contributed by atoms with Gasteiger partial charge >= 0.3 is 5.97 Å². The number of aromatic carboxylic acids is 1. The van der Waals surface area contributed by atoms with Gasteiger partial charge < -0.3 is 16.2 Å². The highest BCUT2D eigenvalue weighted by atomic mass is 16.4. The zero-order valence-electron chi connectivity index (χ0n) is 9.96. The molecule has 96 valence electrons. The maximum absolute atomic E-state index is 11.9. The first-order chi connectivity index (χ1) is 9.06. The van der Waals surface area contributed by atoms with E-state index in [-0.39, 0.29) is 11.5 Å². The zero-order valence-corrected chi connectivity index (χ0v) is 9.96. The molecule has 0 aliphatic rings. The number of carboxylic acids is 1. The predicted molar refractivity (Wildman–Crippen MR) is 72.2 cm³/mol. The molecule has 0 fully saturated rings. The summed E-state index contributed by atoms with van der Waals surface area (Å²) in [5.74, 6) is -1.36. The first-order valence-electron chi connectivity index (χ1n) is 5.56. The van der Waals surface area contributed by atoms with Crippen molar-refractivity contribution in [3.05, 3.63) is 59.7 Å². The molecule has 0 heterocycles. The fourth-order valence-electron chi connectivity index (χ4n) is 1.57. The number of hydrogen-bond donors (Lipinski definition) is 3. The van der Waals surface area contributed by atoms with E-state index in [4.69, 9.17) is 10.8 Å². The van der Waals surface area contributed by atoms with Crippen LogP contribution in [0.25, 0.3) is 0 Å². The van der Waals surface area contributed by atoms with Gasteiger partial charge in [-0.05, 0) is 42.5 Å². The summed E-state index contributed by atoms with van der Waals surface area (Å²) in [6.45, 7) is 0. The molecule has 1 amide bonds. The molecule has 5 heteroatoms. The number of benzene rings is 2. The van der Waals surface area contributed by atoms with Crippen LogP contribution >= 0.6 is 0 Å². The normalized spacial score (nSPS) is 9.89. The molecule has 0 saturated heterocycles. The van der Waals surface area contributed by atoms with Crippen LogP contribution < -0.4 is 11.1 Å². The van der Waals surface area contributed by atoms with Crippen LogP contribution in [0.5, 0.6) is 0 Å². The molecule has 0 aliphatic heterocycles. The van der Waals surface area contributed by atoms with Crippen molar-refractivity contribution in [1.82, 2.24) is 0 Å². The average molecular weight is 256 g/mol. The van der Waals surface area contributed by atoms with E-state index in [0.29, 0.717) is 16.9 Å². The number of nitrogens with one attached hydrogen (secondary N) is 1. The van der Waals surface area contributed by atoms with Gasteiger partial charge in [0.1, 0.15) is 0 Å². The fraction of sp³-hybridized carbons (Fsp3) is 0. The SMILES string of the molecule is Nc1ccc(C(=O)Nc2cccc(C(=O)O)c2)cc1. The first-order valence-corrected chi connectivity index (χ1v) is 5.56. The summed E-state index contributed by atoms with van der Waals surface area (Å²) in [6, 6.07) is 12.5. The summed E-state index contributed by atoms with van der Waals surface area (Å²) in [4.78, 5) is 22.7. The van der Waals surface area contributed by atoms with Crippen LogP contribution in [0.2, 0.25) is 0 Å². The molecule has 2 rings (SSSR count). The summed E-state index contributed by atoms with van der Waals surface area (Å²) in [7, 11) is 0. The Balaban J connectivity index is 2.17. The first kappa shape index (κ1) is 12.6. The van der Waals surface area contributed by atoms with Gasteiger partial charge in [0.2, 0.25) is 0 Å². The second kappa shape index (κ2) is 5.22. The maximum Gasteiger partial charge on any atom is 0.335 e. The van der Waals surface area contributed by atoms with E-state index in [1.54, 1.807) is 36.4 Å². The monoisotopic (exact) mass is 256 g/mol. The summed E-state index contributed by atoms with van der Waals surface area (Å²) < 4.78 is 0. The molecule has 0 atom stereocenters. The third-order valence-electron chi connectivity index (χ3n) is 2.54. The molecule has 5 nitrogen and oxygen atoms in total. The number of hydrogen-bond acceptors (Lipinski definition) is 3. The number of anilines is 2. The molecule has 0 bridgehead atoms. The highest BCUT2D eigenvalue weighted by Crippen LogP contribution is 2.13. The minimum atomic E-state index is -1.04. The van der Waals surface area contributed by atoms with Crippen molar-refractivity contribution in [2.75, 3.05) is 11.1 Å². The number of rotatable bonds is 3. The highest BCUT2D eigenvalue weighted by Gasteiger charge is 2.08. The van der Waals surface area contributed by atoms with Crippen LogP contribution in [0.4, 0.5) is 11.4 Å². The molecule has 0 spiro atoms. The van der Waals surface area contributed by atoms with E-state index >= 15 is 0 Å². The zero-order chi connectivity index (χ0) is 13.8.